The lowest BCUT2D eigenvalue weighted by atomic mass is 10.0. The van der Waals surface area contributed by atoms with Gasteiger partial charge in [-0.2, -0.15) is 0 Å². The number of nitrogens with two attached hydrogens (primary N) is 1. The molecule has 1 saturated heterocycles. The van der Waals surface area contributed by atoms with E-state index in [9.17, 15) is 9.59 Å². The number of hydrogen-bond acceptors (Lipinski definition) is 3. The third-order valence-electron chi connectivity index (χ3n) is 2.40. The monoisotopic (exact) mass is 206 g/mol. The van der Waals surface area contributed by atoms with Gasteiger partial charge in [-0.05, 0) is 24.3 Å². The zero-order valence-corrected chi connectivity index (χ0v) is 7.88. The quantitative estimate of drug-likeness (QED) is 0.543. The van der Waals surface area contributed by atoms with Gasteiger partial charge in [0.05, 0.1) is 6.42 Å². The highest BCUT2D eigenvalue weighted by Gasteiger charge is 2.42. The number of carbonyl (C=O) groups is 2. The Balaban J connectivity index is 2.26. The van der Waals surface area contributed by atoms with Crippen LogP contribution in [-0.4, -0.2) is 23.0 Å². The van der Waals surface area contributed by atoms with E-state index in [1.54, 1.807) is 24.3 Å². The lowest BCUT2D eigenvalue weighted by molar-refractivity contribution is -0.145. The molecule has 1 heterocycles. The molecule has 1 amide bonds. The highest BCUT2D eigenvalue weighted by atomic mass is 16.4. The fourth-order valence-corrected chi connectivity index (χ4v) is 1.57. The molecule has 0 spiro atoms. The lowest BCUT2D eigenvalue weighted by Crippen LogP contribution is -2.57. The predicted octanol–water partition coefficient (Wildman–Crippen LogP) is 0.459. The summed E-state index contributed by atoms with van der Waals surface area (Å²) in [6, 6.07) is 5.82. The Kier molecular flexibility index (Phi) is 2.07. The predicted molar refractivity (Wildman–Crippen MR) is 54.4 cm³/mol. The molecule has 78 valence electrons. The summed E-state index contributed by atoms with van der Waals surface area (Å²) < 4.78 is 0. The zero-order chi connectivity index (χ0) is 11.0. The molecule has 0 aromatic heterocycles. The molecule has 1 aliphatic heterocycles. The van der Waals surface area contributed by atoms with Gasteiger partial charge in [-0.1, -0.05) is 0 Å². The number of nitrogens with zero attached hydrogens (tertiary/aromatic N) is 1. The molecule has 0 radical (unpaired) electrons. The van der Waals surface area contributed by atoms with Crippen molar-refractivity contribution in [2.45, 2.75) is 12.5 Å². The van der Waals surface area contributed by atoms with E-state index in [2.05, 4.69) is 0 Å². The van der Waals surface area contributed by atoms with Crippen molar-refractivity contribution in [1.82, 2.24) is 0 Å². The number of aliphatic carboxylic acids is 1. The van der Waals surface area contributed by atoms with Gasteiger partial charge in [-0.25, -0.2) is 4.79 Å². The molecule has 0 saturated carbocycles. The molecule has 3 N–H and O–H groups in total. The Morgan fingerprint density at radius 1 is 1.40 bits per heavy atom. The van der Waals surface area contributed by atoms with Crippen molar-refractivity contribution >= 4 is 23.3 Å². The first-order valence-electron chi connectivity index (χ1n) is 4.50. The largest absolute Gasteiger partial charge is 0.480 e. The van der Waals surface area contributed by atoms with Crippen LogP contribution in [0.5, 0.6) is 0 Å². The molecule has 1 aromatic carbocycles. The number of nitrogen functional groups attached to an aromatic ring is 1. The Hall–Kier alpha value is -2.04. The second-order valence-corrected chi connectivity index (χ2v) is 3.41. The molecule has 0 bridgehead atoms. The summed E-state index contributed by atoms with van der Waals surface area (Å²) >= 11 is 0. The number of carboxylic acid groups (broad SMARTS) is 1. The van der Waals surface area contributed by atoms with Gasteiger partial charge in [0.25, 0.3) is 0 Å². The second-order valence-electron chi connectivity index (χ2n) is 3.41. The SMILES string of the molecule is Nc1ccc(N2C(=O)CC2C(=O)O)cc1. The highest BCUT2D eigenvalue weighted by Crippen LogP contribution is 2.28. The molecule has 1 unspecified atom stereocenters. The number of amides is 1. The van der Waals surface area contributed by atoms with Crippen LogP contribution in [0.4, 0.5) is 11.4 Å². The van der Waals surface area contributed by atoms with Gasteiger partial charge in [0.1, 0.15) is 6.04 Å². The average Bonchev–Trinajstić information content (AvgIpc) is 2.17. The van der Waals surface area contributed by atoms with Crippen molar-refractivity contribution in [3.8, 4) is 0 Å². The molecule has 15 heavy (non-hydrogen) atoms. The van der Waals surface area contributed by atoms with Crippen molar-refractivity contribution in [2.75, 3.05) is 10.6 Å². The molecular weight excluding hydrogens is 196 g/mol. The third kappa shape index (κ3) is 1.52. The number of rotatable bonds is 2. The van der Waals surface area contributed by atoms with Crippen LogP contribution in [0.1, 0.15) is 6.42 Å². The van der Waals surface area contributed by atoms with Crippen molar-refractivity contribution < 1.29 is 14.7 Å². The molecule has 0 aliphatic carbocycles. The van der Waals surface area contributed by atoms with Gasteiger partial charge >= 0.3 is 5.97 Å². The maximum absolute atomic E-state index is 11.3. The van der Waals surface area contributed by atoms with Crippen molar-refractivity contribution in [3.05, 3.63) is 24.3 Å². The zero-order valence-electron chi connectivity index (χ0n) is 7.88. The summed E-state index contributed by atoms with van der Waals surface area (Å²) in [5, 5.41) is 8.82. The van der Waals surface area contributed by atoms with Crippen LogP contribution in [0.25, 0.3) is 0 Å². The Morgan fingerprint density at radius 2 is 2.00 bits per heavy atom. The van der Waals surface area contributed by atoms with E-state index in [0.717, 1.165) is 0 Å². The maximum Gasteiger partial charge on any atom is 0.327 e. The van der Waals surface area contributed by atoms with Crippen LogP contribution in [0, 0.1) is 0 Å². The van der Waals surface area contributed by atoms with Gasteiger partial charge in [0, 0.05) is 11.4 Å². The third-order valence-corrected chi connectivity index (χ3v) is 2.40. The van der Waals surface area contributed by atoms with Crippen molar-refractivity contribution in [3.63, 3.8) is 0 Å². The topological polar surface area (TPSA) is 83.6 Å². The standard InChI is InChI=1S/C10H10N2O3/c11-6-1-3-7(4-2-6)12-8(10(14)15)5-9(12)13/h1-4,8H,5,11H2,(H,14,15). The Labute approximate surface area is 86.1 Å². The normalized spacial score (nSPS) is 19.9. The number of benzene rings is 1. The molecular formula is C10H10N2O3. The van der Waals surface area contributed by atoms with Crippen molar-refractivity contribution in [2.24, 2.45) is 0 Å². The van der Waals surface area contributed by atoms with E-state index in [-0.39, 0.29) is 12.3 Å². The molecule has 1 aromatic rings. The molecule has 1 atom stereocenters. The minimum Gasteiger partial charge on any atom is -0.480 e. The average molecular weight is 206 g/mol. The van der Waals surface area contributed by atoms with Gasteiger partial charge in [0.2, 0.25) is 5.91 Å². The summed E-state index contributed by atoms with van der Waals surface area (Å²) in [4.78, 5) is 23.3. The first kappa shape index (κ1) is 9.51. The first-order chi connectivity index (χ1) is 7.09. The van der Waals surface area contributed by atoms with Gasteiger partial charge in [-0.15, -0.1) is 0 Å². The summed E-state index contributed by atoms with van der Waals surface area (Å²) in [5.74, 6) is -1.15. The minimum absolute atomic E-state index is 0.0692. The molecule has 1 aliphatic rings. The molecule has 1 fully saturated rings. The van der Waals surface area contributed by atoms with E-state index >= 15 is 0 Å². The van der Waals surface area contributed by atoms with Crippen molar-refractivity contribution in [1.29, 1.82) is 0 Å². The summed E-state index contributed by atoms with van der Waals surface area (Å²) in [7, 11) is 0. The first-order valence-corrected chi connectivity index (χ1v) is 4.50. The van der Waals surface area contributed by atoms with Gasteiger partial charge < -0.3 is 10.8 Å². The van der Waals surface area contributed by atoms with Crippen LogP contribution in [0.2, 0.25) is 0 Å². The van der Waals surface area contributed by atoms with Crippen LogP contribution >= 0.6 is 0 Å². The molecule has 5 nitrogen and oxygen atoms in total. The Morgan fingerprint density at radius 3 is 2.47 bits per heavy atom. The minimum atomic E-state index is -0.980. The van der Waals surface area contributed by atoms with Crippen LogP contribution in [0.3, 0.4) is 0 Å². The van der Waals surface area contributed by atoms with E-state index in [1.165, 1.54) is 4.90 Å². The summed E-state index contributed by atoms with van der Waals surface area (Å²) in [6.07, 6.45) is 0.0692. The lowest BCUT2D eigenvalue weighted by Gasteiger charge is -2.37. The molecule has 2 rings (SSSR count). The smallest absolute Gasteiger partial charge is 0.327 e. The van der Waals surface area contributed by atoms with Crippen LogP contribution in [0.15, 0.2) is 24.3 Å². The second kappa shape index (κ2) is 3.27. The Bertz CT molecular complexity index is 413. The fourth-order valence-electron chi connectivity index (χ4n) is 1.57. The number of β-lactam (4-membered cyclic amide) rings is 1. The summed E-state index contributed by atoms with van der Waals surface area (Å²) in [5.41, 5.74) is 6.65. The summed E-state index contributed by atoms with van der Waals surface area (Å²) in [6.45, 7) is 0. The number of anilines is 2. The molecule has 5 heteroatoms. The van der Waals surface area contributed by atoms with Gasteiger partial charge in [-0.3, -0.25) is 9.69 Å². The van der Waals surface area contributed by atoms with Crippen LogP contribution < -0.4 is 10.6 Å². The number of carboxylic acids is 1. The highest BCUT2D eigenvalue weighted by molar-refractivity contribution is 6.08. The number of hydrogen-bond donors (Lipinski definition) is 2. The number of carbonyl (C=O) groups excluding carboxylic acids is 1. The van der Waals surface area contributed by atoms with E-state index in [0.29, 0.717) is 11.4 Å². The van der Waals surface area contributed by atoms with E-state index in [1.807, 2.05) is 0 Å². The van der Waals surface area contributed by atoms with E-state index in [4.69, 9.17) is 10.8 Å². The van der Waals surface area contributed by atoms with Crippen LogP contribution in [-0.2, 0) is 9.59 Å². The fraction of sp³-hybridized carbons (Fsp3) is 0.200. The van der Waals surface area contributed by atoms with E-state index < -0.39 is 12.0 Å². The maximum atomic E-state index is 11.3. The van der Waals surface area contributed by atoms with Gasteiger partial charge in [0.15, 0.2) is 0 Å².